The molecule has 4 N–H and O–H groups in total. The second kappa shape index (κ2) is 8.89. The lowest BCUT2D eigenvalue weighted by Crippen LogP contribution is -2.35. The van der Waals surface area contributed by atoms with Crippen LogP contribution in [0.15, 0.2) is 18.2 Å². The summed E-state index contributed by atoms with van der Waals surface area (Å²) in [5.41, 5.74) is 2.21. The fourth-order valence-corrected chi connectivity index (χ4v) is 4.44. The van der Waals surface area contributed by atoms with Gasteiger partial charge in [-0.25, -0.2) is 0 Å². The van der Waals surface area contributed by atoms with E-state index in [2.05, 4.69) is 0 Å². The van der Waals surface area contributed by atoms with Crippen molar-refractivity contribution in [1.29, 1.82) is 0 Å². The zero-order valence-electron chi connectivity index (χ0n) is 17.5. The normalized spacial score (nSPS) is 20.4. The van der Waals surface area contributed by atoms with Crippen LogP contribution in [0.25, 0.3) is 0 Å². The van der Waals surface area contributed by atoms with Crippen molar-refractivity contribution in [3.05, 3.63) is 34.9 Å². The molecule has 8 nitrogen and oxygen atoms in total. The average Bonchev–Trinajstić information content (AvgIpc) is 2.77. The van der Waals surface area contributed by atoms with E-state index in [9.17, 15) is 20.4 Å². The Kier molecular flexibility index (Phi) is 6.48. The van der Waals surface area contributed by atoms with Gasteiger partial charge in [0, 0.05) is 24.7 Å². The molecule has 8 heteroatoms. The summed E-state index contributed by atoms with van der Waals surface area (Å²) in [5.74, 6) is -0.411. The van der Waals surface area contributed by atoms with Gasteiger partial charge in [-0.15, -0.1) is 0 Å². The van der Waals surface area contributed by atoms with Gasteiger partial charge in [-0.05, 0) is 47.6 Å². The second-order valence-electron chi connectivity index (χ2n) is 7.28. The number of phenolic OH excluding ortho intramolecular Hbond substituents is 2. The quantitative estimate of drug-likeness (QED) is 0.538. The maximum absolute atomic E-state index is 10.7. The second-order valence-corrected chi connectivity index (χ2v) is 7.28. The largest absolute Gasteiger partial charge is 0.502 e. The number of fused-ring (bicyclic) bond motifs is 1. The Labute approximate surface area is 175 Å². The van der Waals surface area contributed by atoms with Crippen LogP contribution in [0.3, 0.4) is 0 Å². The molecule has 0 saturated carbocycles. The number of ether oxygens (including phenoxy) is 4. The van der Waals surface area contributed by atoms with Gasteiger partial charge in [0.25, 0.3) is 0 Å². The number of aliphatic hydroxyl groups is 2. The lowest BCUT2D eigenvalue weighted by Gasteiger charge is -2.39. The predicted molar refractivity (Wildman–Crippen MR) is 109 cm³/mol. The van der Waals surface area contributed by atoms with Crippen LogP contribution >= 0.6 is 0 Å². The number of aromatic hydroxyl groups is 2. The summed E-state index contributed by atoms with van der Waals surface area (Å²) in [5, 5.41) is 41.3. The van der Waals surface area contributed by atoms with Crippen molar-refractivity contribution >= 4 is 0 Å². The maximum Gasteiger partial charge on any atom is 0.201 e. The highest BCUT2D eigenvalue weighted by Gasteiger charge is 2.41. The Hall–Kier alpha value is -2.84. The van der Waals surface area contributed by atoms with Crippen LogP contribution < -0.4 is 18.9 Å². The molecular formula is C22H28O8. The molecule has 0 unspecified atom stereocenters. The standard InChI is InChI=1S/C22H28O8/c1-27-15-7-12(8-16(28-2)20(15)25)18-14(10-24)13(9-23)5-11-6-17(29-3)21(26)22(30-4)19(11)18/h6-8,13-14,18,23-26H,5,9-10H2,1-4H3/t13-,14-,18-/m0/s1. The predicted octanol–water partition coefficient (Wildman–Crippen LogP) is 2.04. The molecular weight excluding hydrogens is 392 g/mol. The Balaban J connectivity index is 2.34. The zero-order chi connectivity index (χ0) is 22.0. The van der Waals surface area contributed by atoms with E-state index in [4.69, 9.17) is 18.9 Å². The SMILES string of the molecule is COc1cc([C@@H]2c3c(cc(OC)c(O)c3OC)C[C@@H](CO)[C@@H]2CO)cc(OC)c1O. The number of methoxy groups -OCH3 is 4. The van der Waals surface area contributed by atoms with Crippen molar-refractivity contribution in [3.8, 4) is 34.5 Å². The highest BCUT2D eigenvalue weighted by Crippen LogP contribution is 2.54. The molecule has 0 radical (unpaired) electrons. The first-order valence-corrected chi connectivity index (χ1v) is 9.58. The summed E-state index contributed by atoms with van der Waals surface area (Å²) >= 11 is 0. The van der Waals surface area contributed by atoms with Gasteiger partial charge in [-0.1, -0.05) is 0 Å². The van der Waals surface area contributed by atoms with Gasteiger partial charge in [0.1, 0.15) is 0 Å². The molecule has 0 heterocycles. The first-order valence-electron chi connectivity index (χ1n) is 9.58. The third-order valence-electron chi connectivity index (χ3n) is 5.90. The molecule has 1 aliphatic carbocycles. The molecule has 0 saturated heterocycles. The molecule has 0 aliphatic heterocycles. The van der Waals surface area contributed by atoms with Crippen LogP contribution in [-0.4, -0.2) is 62.1 Å². The third kappa shape index (κ3) is 3.46. The van der Waals surface area contributed by atoms with Gasteiger partial charge < -0.3 is 39.4 Å². The van der Waals surface area contributed by atoms with Gasteiger partial charge in [0.05, 0.1) is 28.4 Å². The Morgan fingerprint density at radius 1 is 0.800 bits per heavy atom. The summed E-state index contributed by atoms with van der Waals surface area (Å²) in [6.07, 6.45) is 0.479. The molecule has 0 spiro atoms. The van der Waals surface area contributed by atoms with Crippen molar-refractivity contribution in [3.63, 3.8) is 0 Å². The van der Waals surface area contributed by atoms with Crippen molar-refractivity contribution in [2.75, 3.05) is 41.7 Å². The summed E-state index contributed by atoms with van der Waals surface area (Å²) in [6.45, 7) is -0.324. The summed E-state index contributed by atoms with van der Waals surface area (Å²) < 4.78 is 21.4. The first-order chi connectivity index (χ1) is 14.4. The number of rotatable bonds is 7. The smallest absolute Gasteiger partial charge is 0.201 e. The van der Waals surface area contributed by atoms with Gasteiger partial charge in [-0.3, -0.25) is 0 Å². The molecule has 2 aromatic rings. The van der Waals surface area contributed by atoms with E-state index < -0.39 is 5.92 Å². The third-order valence-corrected chi connectivity index (χ3v) is 5.90. The highest BCUT2D eigenvalue weighted by molar-refractivity contribution is 5.64. The minimum atomic E-state index is -0.467. The van der Waals surface area contributed by atoms with Gasteiger partial charge in [0.2, 0.25) is 11.5 Å². The van der Waals surface area contributed by atoms with Crippen LogP contribution in [0.4, 0.5) is 0 Å². The molecule has 0 fully saturated rings. The van der Waals surface area contributed by atoms with Crippen LogP contribution in [0, 0.1) is 11.8 Å². The molecule has 164 valence electrons. The average molecular weight is 420 g/mol. The first kappa shape index (κ1) is 21.9. The fraction of sp³-hybridized carbons (Fsp3) is 0.455. The Morgan fingerprint density at radius 2 is 1.37 bits per heavy atom. The van der Waals surface area contributed by atoms with Gasteiger partial charge in [0.15, 0.2) is 23.0 Å². The Morgan fingerprint density at radius 3 is 1.83 bits per heavy atom. The number of aliphatic hydroxyl groups excluding tert-OH is 2. The topological polar surface area (TPSA) is 118 Å². The van der Waals surface area contributed by atoms with E-state index in [-0.39, 0.29) is 59.5 Å². The van der Waals surface area contributed by atoms with Gasteiger partial charge in [-0.2, -0.15) is 0 Å². The maximum atomic E-state index is 10.7. The lowest BCUT2D eigenvalue weighted by molar-refractivity contribution is 0.0999. The minimum Gasteiger partial charge on any atom is -0.502 e. The molecule has 3 rings (SSSR count). The van der Waals surface area contributed by atoms with Crippen LogP contribution in [0.2, 0.25) is 0 Å². The van der Waals surface area contributed by atoms with Crippen molar-refractivity contribution < 1.29 is 39.4 Å². The molecule has 30 heavy (non-hydrogen) atoms. The molecule has 0 aromatic heterocycles. The summed E-state index contributed by atoms with van der Waals surface area (Å²) in [6, 6.07) is 5.05. The summed E-state index contributed by atoms with van der Waals surface area (Å²) in [4.78, 5) is 0. The van der Waals surface area contributed by atoms with Crippen LogP contribution in [-0.2, 0) is 6.42 Å². The van der Waals surface area contributed by atoms with Crippen LogP contribution in [0.5, 0.6) is 34.5 Å². The van der Waals surface area contributed by atoms with Crippen LogP contribution in [0.1, 0.15) is 22.6 Å². The van der Waals surface area contributed by atoms with E-state index in [1.54, 1.807) is 18.2 Å². The molecule has 3 atom stereocenters. The molecule has 2 aromatic carbocycles. The van der Waals surface area contributed by atoms with E-state index in [0.29, 0.717) is 17.5 Å². The number of hydrogen-bond acceptors (Lipinski definition) is 8. The van der Waals surface area contributed by atoms with Crippen molar-refractivity contribution in [2.24, 2.45) is 11.8 Å². The minimum absolute atomic E-state index is 0.126. The van der Waals surface area contributed by atoms with E-state index in [1.165, 1.54) is 28.4 Å². The monoisotopic (exact) mass is 420 g/mol. The molecule has 0 bridgehead atoms. The molecule has 1 aliphatic rings. The van der Waals surface area contributed by atoms with E-state index >= 15 is 0 Å². The zero-order valence-corrected chi connectivity index (χ0v) is 17.5. The van der Waals surface area contributed by atoms with E-state index in [0.717, 1.165) is 5.56 Å². The fourth-order valence-electron chi connectivity index (χ4n) is 4.44. The number of benzene rings is 2. The summed E-state index contributed by atoms with van der Waals surface area (Å²) in [7, 11) is 5.78. The van der Waals surface area contributed by atoms with Gasteiger partial charge >= 0.3 is 0 Å². The Bertz CT molecular complexity index is 885. The van der Waals surface area contributed by atoms with Crippen molar-refractivity contribution in [1.82, 2.24) is 0 Å². The van der Waals surface area contributed by atoms with E-state index in [1.807, 2.05) is 0 Å². The van der Waals surface area contributed by atoms with Crippen molar-refractivity contribution in [2.45, 2.75) is 12.3 Å². The number of phenols is 2. The molecule has 0 amide bonds. The highest BCUT2D eigenvalue weighted by atomic mass is 16.5. The lowest BCUT2D eigenvalue weighted by atomic mass is 9.66. The number of hydrogen-bond donors (Lipinski definition) is 4.